The largest absolute Gasteiger partial charge is 0.330 e. The molecule has 0 radical (unpaired) electrons. The summed E-state index contributed by atoms with van der Waals surface area (Å²) >= 11 is 0. The lowest BCUT2D eigenvalue weighted by Gasteiger charge is -2.02. The molecule has 44 valence electrons. The van der Waals surface area contributed by atoms with Crippen LogP contribution in [0.4, 0.5) is 0 Å². The Hall–Kier alpha value is -0.120. The summed E-state index contributed by atoms with van der Waals surface area (Å²) in [7, 11) is 0. The molecule has 0 spiro atoms. The molecule has 7 heavy (non-hydrogen) atoms. The molecule has 4 N–H and O–H groups in total. The quantitative estimate of drug-likeness (QED) is 0.473. The molecule has 0 aromatic rings. The van der Waals surface area contributed by atoms with E-state index in [0.717, 1.165) is 0 Å². The van der Waals surface area contributed by atoms with Gasteiger partial charge >= 0.3 is 0 Å². The zero-order chi connectivity index (χ0) is 5.70. The van der Waals surface area contributed by atoms with Gasteiger partial charge in [-0.3, -0.25) is 0 Å². The molecule has 0 fully saturated rings. The molecule has 0 rings (SSSR count). The highest BCUT2D eigenvalue weighted by molar-refractivity contribution is 4.47. The lowest BCUT2D eigenvalue weighted by Crippen LogP contribution is -2.18. The van der Waals surface area contributed by atoms with Gasteiger partial charge in [0.05, 0.1) is 6.61 Å². The molecule has 0 aliphatic carbocycles. The SMILES string of the molecule is CC(CN)CON. The molecule has 0 aromatic carbocycles. The normalized spacial score (nSPS) is 14.1. The van der Waals surface area contributed by atoms with Crippen LogP contribution in [0.5, 0.6) is 0 Å². The van der Waals surface area contributed by atoms with Crippen LogP contribution in [0.1, 0.15) is 6.92 Å². The summed E-state index contributed by atoms with van der Waals surface area (Å²) in [6.07, 6.45) is 0. The van der Waals surface area contributed by atoms with E-state index in [2.05, 4.69) is 4.84 Å². The van der Waals surface area contributed by atoms with Gasteiger partial charge in [-0.05, 0) is 12.5 Å². The van der Waals surface area contributed by atoms with Gasteiger partial charge in [0, 0.05) is 0 Å². The molecule has 0 saturated heterocycles. The zero-order valence-electron chi connectivity index (χ0n) is 4.55. The Labute approximate surface area is 43.6 Å². The Morgan fingerprint density at radius 1 is 1.71 bits per heavy atom. The van der Waals surface area contributed by atoms with E-state index >= 15 is 0 Å². The second-order valence-electron chi connectivity index (χ2n) is 1.67. The van der Waals surface area contributed by atoms with Crippen molar-refractivity contribution in [2.45, 2.75) is 6.92 Å². The van der Waals surface area contributed by atoms with Crippen molar-refractivity contribution in [1.82, 2.24) is 0 Å². The molecule has 0 aromatic heterocycles. The first-order valence-electron chi connectivity index (χ1n) is 2.33. The van der Waals surface area contributed by atoms with Crippen molar-refractivity contribution < 1.29 is 4.84 Å². The molecule has 0 aliphatic heterocycles. The van der Waals surface area contributed by atoms with Gasteiger partial charge in [0.25, 0.3) is 0 Å². The minimum absolute atomic E-state index is 0.380. The Bertz CT molecular complexity index is 40.7. The first kappa shape index (κ1) is 6.88. The average molecular weight is 104 g/mol. The van der Waals surface area contributed by atoms with Gasteiger partial charge in [0.2, 0.25) is 0 Å². The maximum atomic E-state index is 5.22. The second-order valence-corrected chi connectivity index (χ2v) is 1.67. The summed E-state index contributed by atoms with van der Waals surface area (Å²) in [6, 6.07) is 0. The van der Waals surface area contributed by atoms with E-state index in [9.17, 15) is 0 Å². The van der Waals surface area contributed by atoms with Gasteiger partial charge in [0.15, 0.2) is 0 Å². The van der Waals surface area contributed by atoms with E-state index < -0.39 is 0 Å². The van der Waals surface area contributed by atoms with Crippen molar-refractivity contribution in [3.8, 4) is 0 Å². The molecule has 0 heterocycles. The Morgan fingerprint density at radius 2 is 2.29 bits per heavy atom. The lowest BCUT2D eigenvalue weighted by molar-refractivity contribution is 0.109. The monoisotopic (exact) mass is 104 g/mol. The van der Waals surface area contributed by atoms with Crippen LogP contribution in [-0.4, -0.2) is 13.2 Å². The molecular weight excluding hydrogens is 92.1 g/mol. The first-order valence-corrected chi connectivity index (χ1v) is 2.33. The predicted molar refractivity (Wildman–Crippen MR) is 28.4 cm³/mol. The van der Waals surface area contributed by atoms with Gasteiger partial charge in [-0.2, -0.15) is 0 Å². The van der Waals surface area contributed by atoms with Crippen LogP contribution in [0.25, 0.3) is 0 Å². The summed E-state index contributed by atoms with van der Waals surface area (Å²) in [4.78, 5) is 4.31. The van der Waals surface area contributed by atoms with Gasteiger partial charge in [0.1, 0.15) is 0 Å². The maximum Gasteiger partial charge on any atom is 0.0716 e. The third kappa shape index (κ3) is 3.72. The molecule has 0 bridgehead atoms. The average Bonchev–Trinajstić information content (AvgIpc) is 1.68. The summed E-state index contributed by atoms with van der Waals surface area (Å²) in [5, 5.41) is 0. The van der Waals surface area contributed by atoms with E-state index in [0.29, 0.717) is 19.1 Å². The van der Waals surface area contributed by atoms with Crippen LogP contribution >= 0.6 is 0 Å². The molecule has 1 unspecified atom stereocenters. The summed E-state index contributed by atoms with van der Waals surface area (Å²) in [5.74, 6) is 5.13. The summed E-state index contributed by atoms with van der Waals surface area (Å²) in [6.45, 7) is 3.17. The van der Waals surface area contributed by atoms with Crippen molar-refractivity contribution >= 4 is 0 Å². The standard InChI is InChI=1S/C4H12N2O/c1-4(2-5)3-7-6/h4H,2-3,5-6H2,1H3. The third-order valence-electron chi connectivity index (χ3n) is 0.783. The third-order valence-corrected chi connectivity index (χ3v) is 0.783. The Morgan fingerprint density at radius 3 is 2.43 bits per heavy atom. The Balaban J connectivity index is 2.83. The van der Waals surface area contributed by atoms with Crippen molar-refractivity contribution in [3.05, 3.63) is 0 Å². The lowest BCUT2D eigenvalue weighted by atomic mass is 10.2. The van der Waals surface area contributed by atoms with Crippen LogP contribution in [0.3, 0.4) is 0 Å². The van der Waals surface area contributed by atoms with Crippen LogP contribution in [0.15, 0.2) is 0 Å². The number of hydrogen-bond donors (Lipinski definition) is 2. The van der Waals surface area contributed by atoms with Crippen LogP contribution in [0.2, 0.25) is 0 Å². The van der Waals surface area contributed by atoms with Crippen LogP contribution < -0.4 is 11.6 Å². The number of rotatable bonds is 3. The van der Waals surface area contributed by atoms with Crippen LogP contribution in [0, 0.1) is 5.92 Å². The molecule has 0 aliphatic rings. The van der Waals surface area contributed by atoms with E-state index in [1.165, 1.54) is 0 Å². The van der Waals surface area contributed by atoms with E-state index in [4.69, 9.17) is 11.6 Å². The molecular formula is C4H12N2O. The van der Waals surface area contributed by atoms with E-state index in [-0.39, 0.29) is 0 Å². The van der Waals surface area contributed by atoms with Gasteiger partial charge in [-0.15, -0.1) is 0 Å². The first-order chi connectivity index (χ1) is 3.31. The number of hydrogen-bond acceptors (Lipinski definition) is 3. The Kier molecular flexibility index (Phi) is 3.98. The summed E-state index contributed by atoms with van der Waals surface area (Å²) < 4.78 is 0. The van der Waals surface area contributed by atoms with Crippen molar-refractivity contribution in [3.63, 3.8) is 0 Å². The minimum Gasteiger partial charge on any atom is -0.330 e. The molecule has 0 saturated carbocycles. The molecule has 3 nitrogen and oxygen atoms in total. The zero-order valence-corrected chi connectivity index (χ0v) is 4.55. The highest BCUT2D eigenvalue weighted by atomic mass is 16.6. The smallest absolute Gasteiger partial charge is 0.0716 e. The highest BCUT2D eigenvalue weighted by Crippen LogP contribution is 1.86. The molecule has 3 heteroatoms. The fourth-order valence-electron chi connectivity index (χ4n) is 0.232. The molecule has 0 amide bonds. The molecule has 1 atom stereocenters. The van der Waals surface area contributed by atoms with E-state index in [1.54, 1.807) is 0 Å². The van der Waals surface area contributed by atoms with E-state index in [1.807, 2.05) is 6.92 Å². The highest BCUT2D eigenvalue weighted by Gasteiger charge is 1.94. The maximum absolute atomic E-state index is 5.22. The van der Waals surface area contributed by atoms with Gasteiger partial charge < -0.3 is 10.6 Å². The fourth-order valence-corrected chi connectivity index (χ4v) is 0.232. The topological polar surface area (TPSA) is 61.3 Å². The van der Waals surface area contributed by atoms with Crippen LogP contribution in [-0.2, 0) is 4.84 Å². The van der Waals surface area contributed by atoms with Gasteiger partial charge in [-0.1, -0.05) is 6.92 Å². The van der Waals surface area contributed by atoms with Crippen molar-refractivity contribution in [2.75, 3.05) is 13.2 Å². The predicted octanol–water partition coefficient (Wildman–Crippen LogP) is -0.528. The second kappa shape index (κ2) is 4.05. The summed E-state index contributed by atoms with van der Waals surface area (Å²) in [5.41, 5.74) is 5.22. The van der Waals surface area contributed by atoms with Gasteiger partial charge in [-0.25, -0.2) is 5.90 Å². The fraction of sp³-hybridized carbons (Fsp3) is 1.00. The van der Waals surface area contributed by atoms with Crippen molar-refractivity contribution in [2.24, 2.45) is 17.5 Å². The van der Waals surface area contributed by atoms with Crippen molar-refractivity contribution in [1.29, 1.82) is 0 Å². The number of nitrogens with two attached hydrogens (primary N) is 2. The minimum atomic E-state index is 0.380.